The van der Waals surface area contributed by atoms with Crippen molar-refractivity contribution in [1.29, 1.82) is 5.26 Å². The van der Waals surface area contributed by atoms with Crippen LogP contribution in [0.15, 0.2) is 109 Å². The summed E-state index contributed by atoms with van der Waals surface area (Å²) in [6.45, 7) is 0. The number of nitrogens with zero attached hydrogens (tertiary/aromatic N) is 2. The predicted molar refractivity (Wildman–Crippen MR) is 133 cm³/mol. The van der Waals surface area contributed by atoms with Gasteiger partial charge in [-0.2, -0.15) is 5.26 Å². The molecule has 0 N–H and O–H groups in total. The number of ether oxygens (including phenoxy) is 2. The molecule has 0 unspecified atom stereocenters. The van der Waals surface area contributed by atoms with E-state index in [-0.39, 0.29) is 11.6 Å². The van der Waals surface area contributed by atoms with E-state index in [1.165, 1.54) is 24.3 Å². The Labute approximate surface area is 206 Å². The number of rotatable bonds is 6. The van der Waals surface area contributed by atoms with Crippen molar-refractivity contribution in [2.45, 2.75) is 0 Å². The van der Waals surface area contributed by atoms with Crippen LogP contribution in [0, 0.1) is 23.0 Å². The van der Waals surface area contributed by atoms with Crippen LogP contribution in [-0.4, -0.2) is 4.98 Å². The molecule has 1 aromatic heterocycles. The van der Waals surface area contributed by atoms with Gasteiger partial charge in [0, 0.05) is 11.1 Å². The van der Waals surface area contributed by atoms with Crippen LogP contribution in [0.1, 0.15) is 5.56 Å². The summed E-state index contributed by atoms with van der Waals surface area (Å²) in [5.74, 6) is 1.60. The van der Waals surface area contributed by atoms with Gasteiger partial charge in [0.2, 0.25) is 0 Å². The van der Waals surface area contributed by atoms with Crippen molar-refractivity contribution >= 4 is 0 Å². The molecular formula is C30H18F2N2O2. The van der Waals surface area contributed by atoms with Crippen LogP contribution in [-0.2, 0) is 0 Å². The third-order valence-electron chi connectivity index (χ3n) is 5.35. The topological polar surface area (TPSA) is 55.1 Å². The molecule has 0 amide bonds. The fourth-order valence-electron chi connectivity index (χ4n) is 3.56. The van der Waals surface area contributed by atoms with E-state index in [0.717, 1.165) is 11.1 Å². The molecule has 0 saturated heterocycles. The molecule has 4 aromatic carbocycles. The first-order valence-electron chi connectivity index (χ1n) is 11.1. The summed E-state index contributed by atoms with van der Waals surface area (Å²) in [6.07, 6.45) is 0. The lowest BCUT2D eigenvalue weighted by atomic mass is 10.0. The van der Waals surface area contributed by atoms with Gasteiger partial charge in [-0.25, -0.2) is 13.8 Å². The molecule has 4 nitrogen and oxygen atoms in total. The highest BCUT2D eigenvalue weighted by atomic mass is 19.1. The van der Waals surface area contributed by atoms with Crippen molar-refractivity contribution in [3.63, 3.8) is 0 Å². The molecule has 0 atom stereocenters. The number of halogens is 2. The van der Waals surface area contributed by atoms with Crippen LogP contribution in [0.3, 0.4) is 0 Å². The van der Waals surface area contributed by atoms with Gasteiger partial charge in [0.15, 0.2) is 0 Å². The zero-order valence-electron chi connectivity index (χ0n) is 18.9. The van der Waals surface area contributed by atoms with E-state index in [0.29, 0.717) is 39.9 Å². The molecular weight excluding hydrogens is 458 g/mol. The lowest BCUT2D eigenvalue weighted by Gasteiger charge is -2.10. The number of pyridine rings is 1. The quantitative estimate of drug-likeness (QED) is 0.248. The molecule has 5 aromatic rings. The van der Waals surface area contributed by atoms with E-state index in [4.69, 9.17) is 14.5 Å². The van der Waals surface area contributed by atoms with Gasteiger partial charge < -0.3 is 9.47 Å². The predicted octanol–water partition coefficient (Wildman–Crippen LogP) is 8.15. The van der Waals surface area contributed by atoms with Crippen molar-refractivity contribution in [1.82, 2.24) is 4.98 Å². The van der Waals surface area contributed by atoms with Gasteiger partial charge in [-0.05, 0) is 109 Å². The Morgan fingerprint density at radius 2 is 0.861 bits per heavy atom. The first-order chi connectivity index (χ1) is 17.6. The fraction of sp³-hybridized carbons (Fsp3) is 0. The maximum Gasteiger partial charge on any atom is 0.127 e. The van der Waals surface area contributed by atoms with Gasteiger partial charge in [-0.1, -0.05) is 0 Å². The standard InChI is InChI=1S/C30H18F2N2O2/c31-23-5-13-27(14-6-23)35-25-9-1-21(2-10-25)29-17-20(19-33)18-30(34-29)22-3-11-26(12-4-22)36-28-15-7-24(32)8-16-28/h1-18H. The van der Waals surface area contributed by atoms with E-state index < -0.39 is 0 Å². The highest BCUT2D eigenvalue weighted by Gasteiger charge is 2.09. The molecule has 174 valence electrons. The lowest BCUT2D eigenvalue weighted by molar-refractivity contribution is 0.480. The van der Waals surface area contributed by atoms with Crippen molar-refractivity contribution in [3.8, 4) is 51.6 Å². The Balaban J connectivity index is 1.37. The number of hydrogen-bond acceptors (Lipinski definition) is 4. The van der Waals surface area contributed by atoms with Gasteiger partial charge in [0.25, 0.3) is 0 Å². The maximum absolute atomic E-state index is 13.1. The second kappa shape index (κ2) is 10.1. The second-order valence-electron chi connectivity index (χ2n) is 7.90. The Morgan fingerprint density at radius 1 is 0.528 bits per heavy atom. The van der Waals surface area contributed by atoms with Crippen molar-refractivity contribution in [3.05, 3.63) is 126 Å². The summed E-state index contributed by atoms with van der Waals surface area (Å²) < 4.78 is 37.7. The molecule has 0 aliphatic carbocycles. The molecule has 36 heavy (non-hydrogen) atoms. The van der Waals surface area contributed by atoms with Crippen LogP contribution in [0.2, 0.25) is 0 Å². The van der Waals surface area contributed by atoms with Crippen LogP contribution in [0.25, 0.3) is 22.5 Å². The summed E-state index contributed by atoms with van der Waals surface area (Å²) in [5, 5.41) is 9.56. The monoisotopic (exact) mass is 476 g/mol. The molecule has 0 spiro atoms. The van der Waals surface area contributed by atoms with Crippen LogP contribution < -0.4 is 9.47 Å². The van der Waals surface area contributed by atoms with Crippen molar-refractivity contribution in [2.24, 2.45) is 0 Å². The Hall–Kier alpha value is -5.02. The third kappa shape index (κ3) is 5.37. The smallest absolute Gasteiger partial charge is 0.127 e. The van der Waals surface area contributed by atoms with E-state index in [2.05, 4.69) is 6.07 Å². The van der Waals surface area contributed by atoms with Crippen molar-refractivity contribution < 1.29 is 18.3 Å². The Bertz CT molecular complexity index is 1420. The van der Waals surface area contributed by atoms with Gasteiger partial charge in [0.1, 0.15) is 34.6 Å². The highest BCUT2D eigenvalue weighted by molar-refractivity contribution is 5.69. The summed E-state index contributed by atoms with van der Waals surface area (Å²) in [5.41, 5.74) is 3.40. The summed E-state index contributed by atoms with van der Waals surface area (Å²) in [7, 11) is 0. The van der Waals surface area contributed by atoms with Gasteiger partial charge in [-0.3, -0.25) is 0 Å². The zero-order valence-corrected chi connectivity index (χ0v) is 18.9. The largest absolute Gasteiger partial charge is 0.457 e. The number of nitriles is 1. The van der Waals surface area contributed by atoms with E-state index >= 15 is 0 Å². The first-order valence-corrected chi connectivity index (χ1v) is 11.1. The summed E-state index contributed by atoms with van der Waals surface area (Å²) >= 11 is 0. The molecule has 1 heterocycles. The van der Waals surface area contributed by atoms with Crippen LogP contribution in [0.5, 0.6) is 23.0 Å². The Kier molecular flexibility index (Phi) is 6.37. The molecule has 0 bridgehead atoms. The Morgan fingerprint density at radius 3 is 1.19 bits per heavy atom. The molecule has 0 fully saturated rings. The lowest BCUT2D eigenvalue weighted by Crippen LogP contribution is -1.92. The number of aromatic nitrogens is 1. The molecule has 0 radical (unpaired) electrons. The van der Waals surface area contributed by atoms with Gasteiger partial charge >= 0.3 is 0 Å². The summed E-state index contributed by atoms with van der Waals surface area (Å²) in [6, 6.07) is 31.8. The normalized spacial score (nSPS) is 10.5. The molecule has 5 rings (SSSR count). The van der Waals surface area contributed by atoms with E-state index in [9.17, 15) is 14.0 Å². The SMILES string of the molecule is N#Cc1cc(-c2ccc(Oc3ccc(F)cc3)cc2)nc(-c2ccc(Oc3ccc(F)cc3)cc2)c1. The maximum atomic E-state index is 13.1. The van der Waals surface area contributed by atoms with Crippen molar-refractivity contribution in [2.75, 3.05) is 0 Å². The molecule has 6 heteroatoms. The third-order valence-corrected chi connectivity index (χ3v) is 5.35. The van der Waals surface area contributed by atoms with E-state index in [1.54, 1.807) is 60.7 Å². The first kappa shape index (κ1) is 22.8. The molecule has 0 aliphatic rings. The fourth-order valence-corrected chi connectivity index (χ4v) is 3.56. The molecule has 0 aliphatic heterocycles. The van der Waals surface area contributed by atoms with Gasteiger partial charge in [0.05, 0.1) is 23.0 Å². The average molecular weight is 476 g/mol. The second-order valence-corrected chi connectivity index (χ2v) is 7.90. The number of hydrogen-bond donors (Lipinski definition) is 0. The molecule has 0 saturated carbocycles. The van der Waals surface area contributed by atoms with Gasteiger partial charge in [-0.15, -0.1) is 0 Å². The summed E-state index contributed by atoms with van der Waals surface area (Å²) in [4.78, 5) is 4.75. The average Bonchev–Trinajstić information content (AvgIpc) is 2.92. The minimum atomic E-state index is -0.327. The minimum Gasteiger partial charge on any atom is -0.457 e. The van der Waals surface area contributed by atoms with Crippen LogP contribution in [0.4, 0.5) is 8.78 Å². The zero-order chi connectivity index (χ0) is 24.9. The highest BCUT2D eigenvalue weighted by Crippen LogP contribution is 2.30. The van der Waals surface area contributed by atoms with E-state index in [1.807, 2.05) is 24.3 Å². The number of benzene rings is 4. The van der Waals surface area contributed by atoms with Crippen LogP contribution >= 0.6 is 0 Å². The minimum absolute atomic E-state index is 0.327.